The highest BCUT2D eigenvalue weighted by Gasteiger charge is 2.16. The van der Waals surface area contributed by atoms with Gasteiger partial charge in [-0.25, -0.2) is 0 Å². The lowest BCUT2D eigenvalue weighted by atomic mass is 10.2. The number of thiazole rings is 1. The standard InChI is InChI=1S/C18H17ClN2O3S/c1-3-21-15-9-6-13(10-16(15)25-18(21)23)20-17(22)11(2)24-14-7-4-12(19)5-8-14/h4-11H,3H2,1-2H3,(H,20,22)/t11-/m0/s1. The number of anilines is 1. The molecule has 0 spiro atoms. The van der Waals surface area contributed by atoms with Crippen LogP contribution in [0.1, 0.15) is 13.8 Å². The normalized spacial score (nSPS) is 12.1. The van der Waals surface area contributed by atoms with Crippen molar-refractivity contribution in [3.63, 3.8) is 0 Å². The molecule has 0 saturated heterocycles. The van der Waals surface area contributed by atoms with Gasteiger partial charge >= 0.3 is 4.87 Å². The number of fused-ring (bicyclic) bond motifs is 1. The molecule has 0 fully saturated rings. The average molecular weight is 377 g/mol. The number of carbonyl (C=O) groups excluding carboxylic acids is 1. The van der Waals surface area contributed by atoms with Gasteiger partial charge in [0.2, 0.25) is 0 Å². The lowest BCUT2D eigenvalue weighted by Crippen LogP contribution is -2.30. The van der Waals surface area contributed by atoms with Crippen LogP contribution in [0.3, 0.4) is 0 Å². The zero-order valence-electron chi connectivity index (χ0n) is 13.8. The number of ether oxygens (including phenoxy) is 1. The molecule has 5 nitrogen and oxygen atoms in total. The first kappa shape index (κ1) is 17.5. The van der Waals surface area contributed by atoms with Crippen molar-refractivity contribution in [3.05, 3.63) is 57.2 Å². The number of halogens is 1. The smallest absolute Gasteiger partial charge is 0.308 e. The van der Waals surface area contributed by atoms with Crippen LogP contribution in [0.5, 0.6) is 5.75 Å². The molecule has 0 radical (unpaired) electrons. The Morgan fingerprint density at radius 2 is 2.00 bits per heavy atom. The Labute approximate surface area is 153 Å². The van der Waals surface area contributed by atoms with Crippen LogP contribution in [-0.4, -0.2) is 16.6 Å². The minimum atomic E-state index is -0.671. The van der Waals surface area contributed by atoms with E-state index in [4.69, 9.17) is 16.3 Å². The molecule has 0 aliphatic rings. The molecule has 25 heavy (non-hydrogen) atoms. The number of hydrogen-bond acceptors (Lipinski definition) is 4. The predicted octanol–water partition coefficient (Wildman–Crippen LogP) is 4.14. The zero-order chi connectivity index (χ0) is 18.0. The van der Waals surface area contributed by atoms with Gasteiger partial charge in [0.1, 0.15) is 5.75 Å². The molecule has 0 aliphatic heterocycles. The van der Waals surface area contributed by atoms with Crippen LogP contribution in [-0.2, 0) is 11.3 Å². The van der Waals surface area contributed by atoms with Crippen LogP contribution in [0.25, 0.3) is 10.2 Å². The Bertz CT molecular complexity index is 963. The Morgan fingerprint density at radius 3 is 2.68 bits per heavy atom. The van der Waals surface area contributed by atoms with E-state index >= 15 is 0 Å². The van der Waals surface area contributed by atoms with Gasteiger partial charge < -0.3 is 10.1 Å². The van der Waals surface area contributed by atoms with Crippen molar-refractivity contribution >= 4 is 44.7 Å². The highest BCUT2D eigenvalue weighted by molar-refractivity contribution is 7.16. The highest BCUT2D eigenvalue weighted by atomic mass is 35.5. The highest BCUT2D eigenvalue weighted by Crippen LogP contribution is 2.22. The number of aryl methyl sites for hydroxylation is 1. The molecule has 1 atom stereocenters. The van der Waals surface area contributed by atoms with Gasteiger partial charge in [0, 0.05) is 17.3 Å². The number of hydrogen-bond donors (Lipinski definition) is 1. The van der Waals surface area contributed by atoms with Crippen molar-refractivity contribution < 1.29 is 9.53 Å². The fourth-order valence-corrected chi connectivity index (χ4v) is 3.58. The second-order valence-corrected chi connectivity index (χ2v) is 6.93. The number of rotatable bonds is 5. The van der Waals surface area contributed by atoms with Crippen molar-refractivity contribution in [2.24, 2.45) is 0 Å². The van der Waals surface area contributed by atoms with E-state index in [1.165, 1.54) is 11.3 Å². The number of nitrogens with zero attached hydrogens (tertiary/aromatic N) is 1. The van der Waals surface area contributed by atoms with E-state index < -0.39 is 6.10 Å². The topological polar surface area (TPSA) is 60.3 Å². The molecule has 0 aliphatic carbocycles. The summed E-state index contributed by atoms with van der Waals surface area (Å²) in [4.78, 5) is 24.2. The molecule has 2 aromatic carbocycles. The van der Waals surface area contributed by atoms with Gasteiger partial charge in [-0.15, -0.1) is 0 Å². The van der Waals surface area contributed by atoms with Gasteiger partial charge in [0.15, 0.2) is 6.10 Å². The maximum atomic E-state index is 12.3. The SMILES string of the molecule is CCn1c(=O)sc2cc(NC(=O)[C@H](C)Oc3ccc(Cl)cc3)ccc21. The number of carbonyl (C=O) groups is 1. The minimum absolute atomic E-state index is 0.000385. The third-order valence-corrected chi connectivity index (χ3v) is 4.94. The molecule has 1 amide bonds. The second-order valence-electron chi connectivity index (χ2n) is 5.50. The monoisotopic (exact) mass is 376 g/mol. The van der Waals surface area contributed by atoms with Crippen molar-refractivity contribution in [2.45, 2.75) is 26.5 Å². The summed E-state index contributed by atoms with van der Waals surface area (Å²) >= 11 is 7.00. The van der Waals surface area contributed by atoms with Gasteiger partial charge in [-0.1, -0.05) is 22.9 Å². The van der Waals surface area contributed by atoms with Crippen molar-refractivity contribution in [1.82, 2.24) is 4.57 Å². The fourth-order valence-electron chi connectivity index (χ4n) is 2.46. The summed E-state index contributed by atoms with van der Waals surface area (Å²) in [5.74, 6) is 0.303. The van der Waals surface area contributed by atoms with Crippen molar-refractivity contribution in [3.8, 4) is 5.75 Å². The van der Waals surface area contributed by atoms with Gasteiger partial charge in [-0.2, -0.15) is 0 Å². The first-order valence-corrected chi connectivity index (χ1v) is 9.04. The molecule has 1 aromatic heterocycles. The first-order chi connectivity index (χ1) is 12.0. The molecule has 1 heterocycles. The van der Waals surface area contributed by atoms with E-state index in [-0.39, 0.29) is 10.8 Å². The van der Waals surface area contributed by atoms with Crippen LogP contribution in [0.15, 0.2) is 47.3 Å². The van der Waals surface area contributed by atoms with Crippen molar-refractivity contribution in [1.29, 1.82) is 0 Å². The van der Waals surface area contributed by atoms with Crippen molar-refractivity contribution in [2.75, 3.05) is 5.32 Å². The summed E-state index contributed by atoms with van der Waals surface area (Å²) in [5.41, 5.74) is 1.51. The maximum absolute atomic E-state index is 12.3. The quantitative estimate of drug-likeness (QED) is 0.727. The zero-order valence-corrected chi connectivity index (χ0v) is 15.4. The van der Waals surface area contributed by atoms with E-state index in [1.54, 1.807) is 47.9 Å². The lowest BCUT2D eigenvalue weighted by Gasteiger charge is -2.15. The number of nitrogens with one attached hydrogen (secondary N) is 1. The van der Waals surface area contributed by atoms with Gasteiger partial charge in [-0.3, -0.25) is 14.2 Å². The Morgan fingerprint density at radius 1 is 1.28 bits per heavy atom. The van der Waals surface area contributed by atoms with Crippen LogP contribution in [0.2, 0.25) is 5.02 Å². The lowest BCUT2D eigenvalue weighted by molar-refractivity contribution is -0.122. The molecule has 0 saturated carbocycles. The molecule has 130 valence electrons. The summed E-state index contributed by atoms with van der Waals surface area (Å²) in [7, 11) is 0. The van der Waals surface area contributed by atoms with E-state index in [0.29, 0.717) is 23.0 Å². The van der Waals surface area contributed by atoms with Crippen LogP contribution < -0.4 is 14.9 Å². The number of amides is 1. The Kier molecular flexibility index (Phi) is 5.11. The molecular formula is C18H17ClN2O3S. The average Bonchev–Trinajstić information content (AvgIpc) is 2.91. The molecule has 1 N–H and O–H groups in total. The predicted molar refractivity (Wildman–Crippen MR) is 102 cm³/mol. The third-order valence-electron chi connectivity index (χ3n) is 3.75. The van der Waals surface area contributed by atoms with Gasteiger partial charge in [0.25, 0.3) is 5.91 Å². The molecular weight excluding hydrogens is 360 g/mol. The molecule has 0 unspecified atom stereocenters. The largest absolute Gasteiger partial charge is 0.481 e. The van der Waals surface area contributed by atoms with Gasteiger partial charge in [0.05, 0.1) is 10.2 Å². The molecule has 3 aromatic rings. The summed E-state index contributed by atoms with van der Waals surface area (Å²) in [6, 6.07) is 12.3. The van der Waals surface area contributed by atoms with E-state index in [0.717, 1.165) is 10.2 Å². The minimum Gasteiger partial charge on any atom is -0.481 e. The maximum Gasteiger partial charge on any atom is 0.308 e. The Hall–Kier alpha value is -2.31. The third kappa shape index (κ3) is 3.86. The van der Waals surface area contributed by atoms with Crippen LogP contribution in [0.4, 0.5) is 5.69 Å². The summed E-state index contributed by atoms with van der Waals surface area (Å²) in [6.45, 7) is 4.23. The second kappa shape index (κ2) is 7.29. The first-order valence-electron chi connectivity index (χ1n) is 7.84. The fraction of sp³-hybridized carbons (Fsp3) is 0.222. The summed E-state index contributed by atoms with van der Waals surface area (Å²) in [5, 5.41) is 3.42. The van der Waals surface area contributed by atoms with E-state index in [2.05, 4.69) is 5.32 Å². The Balaban J connectivity index is 1.72. The van der Waals surface area contributed by atoms with Crippen LogP contribution >= 0.6 is 22.9 Å². The van der Waals surface area contributed by atoms with Crippen LogP contribution in [0, 0.1) is 0 Å². The number of benzene rings is 2. The molecule has 0 bridgehead atoms. The molecule has 3 rings (SSSR count). The van der Waals surface area contributed by atoms with E-state index in [9.17, 15) is 9.59 Å². The summed E-state index contributed by atoms with van der Waals surface area (Å²) < 4.78 is 8.16. The molecule has 7 heteroatoms. The van der Waals surface area contributed by atoms with E-state index in [1.807, 2.05) is 13.0 Å². The summed E-state index contributed by atoms with van der Waals surface area (Å²) in [6.07, 6.45) is -0.671. The van der Waals surface area contributed by atoms with Gasteiger partial charge in [-0.05, 0) is 56.3 Å². The number of aromatic nitrogens is 1.